The lowest BCUT2D eigenvalue weighted by Crippen LogP contribution is -2.49. The SMILES string of the molecule is CCC(=C(c1ccc(OCCN2CC(CF)C2)cc1)c1ccc2c(cnn2C2CCCCO2)c1)c1ccc(F)cc1Cl. The van der Waals surface area contributed by atoms with Crippen molar-refractivity contribution in [3.8, 4) is 5.75 Å². The monoisotopic (exact) mass is 591 g/mol. The Labute approximate surface area is 250 Å². The van der Waals surface area contributed by atoms with Crippen LogP contribution < -0.4 is 4.74 Å². The number of likely N-dealkylation sites (tertiary alicyclic amines) is 1. The second-order valence-corrected chi connectivity index (χ2v) is 11.6. The van der Waals surface area contributed by atoms with Crippen LogP contribution in [-0.4, -0.2) is 54.2 Å². The van der Waals surface area contributed by atoms with E-state index in [4.69, 9.17) is 21.1 Å². The highest BCUT2D eigenvalue weighted by molar-refractivity contribution is 6.32. The van der Waals surface area contributed by atoms with Gasteiger partial charge in [0.2, 0.25) is 0 Å². The molecule has 0 amide bonds. The zero-order chi connectivity index (χ0) is 29.1. The predicted octanol–water partition coefficient (Wildman–Crippen LogP) is 8.18. The lowest BCUT2D eigenvalue weighted by molar-refractivity contribution is -0.0366. The van der Waals surface area contributed by atoms with E-state index in [0.717, 1.165) is 90.0 Å². The van der Waals surface area contributed by atoms with Crippen LogP contribution in [0, 0.1) is 11.7 Å². The summed E-state index contributed by atoms with van der Waals surface area (Å²) in [5.74, 6) is 0.591. The summed E-state index contributed by atoms with van der Waals surface area (Å²) >= 11 is 6.60. The van der Waals surface area contributed by atoms with Crippen molar-refractivity contribution in [1.29, 1.82) is 0 Å². The maximum Gasteiger partial charge on any atom is 0.150 e. The molecule has 2 aliphatic rings. The van der Waals surface area contributed by atoms with E-state index in [1.807, 2.05) is 23.0 Å². The fourth-order valence-corrected chi connectivity index (χ4v) is 6.35. The first-order chi connectivity index (χ1) is 20.5. The van der Waals surface area contributed by atoms with Crippen molar-refractivity contribution in [1.82, 2.24) is 14.7 Å². The minimum atomic E-state index is -0.362. The summed E-state index contributed by atoms with van der Waals surface area (Å²) in [7, 11) is 0. The molecular weight excluding hydrogens is 556 g/mol. The van der Waals surface area contributed by atoms with E-state index in [2.05, 4.69) is 47.3 Å². The van der Waals surface area contributed by atoms with Gasteiger partial charge in [-0.05, 0) is 89.9 Å². The van der Waals surface area contributed by atoms with Gasteiger partial charge < -0.3 is 9.47 Å². The van der Waals surface area contributed by atoms with Crippen LogP contribution in [0.1, 0.15) is 55.5 Å². The van der Waals surface area contributed by atoms with E-state index >= 15 is 0 Å². The zero-order valence-electron chi connectivity index (χ0n) is 23.9. The number of alkyl halides is 1. The standard InChI is InChI=1S/C34H36ClF2N3O2/c1-2-29(30-12-9-27(37)18-31(30)35)34(24-6-10-28(11-7-24)41-16-14-39-21-23(19-36)22-39)25-8-13-32-26(17-25)20-38-40(32)33-5-3-4-15-42-33/h6-13,17-18,20,23,33H,2-5,14-16,19,21-22H2,1H3. The van der Waals surface area contributed by atoms with Crippen LogP contribution in [0.15, 0.2) is 66.9 Å². The fourth-order valence-electron chi connectivity index (χ4n) is 6.07. The van der Waals surface area contributed by atoms with Crippen molar-refractivity contribution in [3.63, 3.8) is 0 Å². The zero-order valence-corrected chi connectivity index (χ0v) is 24.6. The van der Waals surface area contributed by atoms with Gasteiger partial charge in [0.25, 0.3) is 0 Å². The molecule has 3 heterocycles. The highest BCUT2D eigenvalue weighted by atomic mass is 35.5. The van der Waals surface area contributed by atoms with Gasteiger partial charge in [0.05, 0.1) is 23.4 Å². The summed E-state index contributed by atoms with van der Waals surface area (Å²) in [5.41, 5.74) is 5.93. The van der Waals surface area contributed by atoms with E-state index in [0.29, 0.717) is 18.1 Å². The molecule has 0 N–H and O–H groups in total. The molecule has 42 heavy (non-hydrogen) atoms. The summed E-state index contributed by atoms with van der Waals surface area (Å²) in [5, 5.41) is 6.10. The number of aromatic nitrogens is 2. The largest absolute Gasteiger partial charge is 0.492 e. The Bertz CT molecular complexity index is 1560. The third kappa shape index (κ3) is 6.10. The molecule has 220 valence electrons. The quantitative estimate of drug-likeness (QED) is 0.174. The first kappa shape index (κ1) is 28.8. The van der Waals surface area contributed by atoms with E-state index in [9.17, 15) is 8.78 Å². The van der Waals surface area contributed by atoms with Crippen molar-refractivity contribution >= 4 is 33.7 Å². The first-order valence-corrected chi connectivity index (χ1v) is 15.2. The van der Waals surface area contributed by atoms with Crippen LogP contribution >= 0.6 is 11.6 Å². The summed E-state index contributed by atoms with van der Waals surface area (Å²) in [6, 6.07) is 19.0. The van der Waals surface area contributed by atoms with Gasteiger partial charge in [-0.2, -0.15) is 5.10 Å². The summed E-state index contributed by atoms with van der Waals surface area (Å²) in [4.78, 5) is 2.21. The Balaban J connectivity index is 1.33. The Morgan fingerprint density at radius 2 is 1.86 bits per heavy atom. The van der Waals surface area contributed by atoms with Crippen LogP contribution in [0.5, 0.6) is 5.75 Å². The van der Waals surface area contributed by atoms with Gasteiger partial charge in [0.15, 0.2) is 6.23 Å². The number of nitrogens with zero attached hydrogens (tertiary/aromatic N) is 3. The number of ether oxygens (including phenoxy) is 2. The molecule has 3 aromatic carbocycles. The van der Waals surface area contributed by atoms with Crippen LogP contribution in [0.3, 0.4) is 0 Å². The Morgan fingerprint density at radius 1 is 1.05 bits per heavy atom. The topological polar surface area (TPSA) is 39.5 Å². The molecule has 2 fully saturated rings. The maximum absolute atomic E-state index is 14.0. The molecule has 1 aromatic heterocycles. The third-order valence-electron chi connectivity index (χ3n) is 8.29. The molecule has 4 aromatic rings. The van der Waals surface area contributed by atoms with Gasteiger partial charge in [-0.25, -0.2) is 9.07 Å². The molecule has 0 bridgehead atoms. The first-order valence-electron chi connectivity index (χ1n) is 14.8. The summed E-state index contributed by atoms with van der Waals surface area (Å²) < 4.78 is 40.7. The second kappa shape index (κ2) is 12.9. The minimum Gasteiger partial charge on any atom is -0.492 e. The predicted molar refractivity (Wildman–Crippen MR) is 164 cm³/mol. The van der Waals surface area contributed by atoms with Gasteiger partial charge in [-0.1, -0.05) is 42.8 Å². The van der Waals surface area contributed by atoms with Gasteiger partial charge in [-0.15, -0.1) is 0 Å². The Kier molecular flexibility index (Phi) is 8.89. The molecule has 2 saturated heterocycles. The van der Waals surface area contributed by atoms with Crippen LogP contribution in [0.4, 0.5) is 8.78 Å². The molecule has 0 aliphatic carbocycles. The highest BCUT2D eigenvalue weighted by Gasteiger charge is 2.26. The van der Waals surface area contributed by atoms with Crippen LogP contribution in [0.25, 0.3) is 22.0 Å². The van der Waals surface area contributed by atoms with Crippen molar-refractivity contribution in [3.05, 3.63) is 94.4 Å². The van der Waals surface area contributed by atoms with Gasteiger partial charge >= 0.3 is 0 Å². The van der Waals surface area contributed by atoms with E-state index in [-0.39, 0.29) is 24.6 Å². The van der Waals surface area contributed by atoms with Crippen LogP contribution in [0.2, 0.25) is 5.02 Å². The Hall–Kier alpha value is -3.26. The molecule has 1 unspecified atom stereocenters. The smallest absolute Gasteiger partial charge is 0.150 e. The van der Waals surface area contributed by atoms with Crippen molar-refractivity contribution < 1.29 is 18.3 Å². The lowest BCUT2D eigenvalue weighted by atomic mass is 9.87. The van der Waals surface area contributed by atoms with Gasteiger partial charge in [0, 0.05) is 37.5 Å². The average molecular weight is 592 g/mol. The van der Waals surface area contributed by atoms with E-state index < -0.39 is 0 Å². The number of benzene rings is 3. The average Bonchev–Trinajstić information content (AvgIpc) is 3.42. The molecule has 0 spiro atoms. The molecule has 8 heteroatoms. The maximum atomic E-state index is 14.0. The lowest BCUT2D eigenvalue weighted by Gasteiger charge is -2.37. The van der Waals surface area contributed by atoms with Gasteiger partial charge in [-0.3, -0.25) is 9.29 Å². The molecule has 0 radical (unpaired) electrons. The molecule has 1 atom stereocenters. The van der Waals surface area contributed by atoms with E-state index in [1.54, 1.807) is 6.07 Å². The molecule has 5 nitrogen and oxygen atoms in total. The van der Waals surface area contributed by atoms with E-state index in [1.165, 1.54) is 12.1 Å². The Morgan fingerprint density at radius 3 is 2.57 bits per heavy atom. The van der Waals surface area contributed by atoms with Gasteiger partial charge in [0.1, 0.15) is 18.2 Å². The molecule has 0 saturated carbocycles. The molecular formula is C34H36ClF2N3O2. The number of allylic oxidation sites excluding steroid dienone is 1. The molecule has 6 rings (SSSR count). The highest BCUT2D eigenvalue weighted by Crippen LogP contribution is 2.39. The second-order valence-electron chi connectivity index (χ2n) is 11.2. The molecule has 2 aliphatic heterocycles. The summed E-state index contributed by atoms with van der Waals surface area (Å²) in [6.07, 6.45) is 5.73. The number of hydrogen-bond donors (Lipinski definition) is 0. The summed E-state index contributed by atoms with van der Waals surface area (Å²) in [6.45, 7) is 5.54. The number of halogens is 3. The van der Waals surface area contributed by atoms with Crippen molar-refractivity contribution in [2.45, 2.75) is 38.8 Å². The normalized spacial score (nSPS) is 18.6. The minimum absolute atomic E-state index is 0.0416. The van der Waals surface area contributed by atoms with Crippen molar-refractivity contribution in [2.75, 3.05) is 39.5 Å². The number of hydrogen-bond acceptors (Lipinski definition) is 4. The van der Waals surface area contributed by atoms with Crippen molar-refractivity contribution in [2.24, 2.45) is 5.92 Å². The number of rotatable bonds is 10. The fraction of sp³-hybridized carbons (Fsp3) is 0.382. The van der Waals surface area contributed by atoms with Crippen LogP contribution in [-0.2, 0) is 4.74 Å². The number of fused-ring (bicyclic) bond motifs is 1. The third-order valence-corrected chi connectivity index (χ3v) is 8.61.